The molecule has 0 radical (unpaired) electrons. The van der Waals surface area contributed by atoms with Crippen LogP contribution >= 0.6 is 15.9 Å². The molecule has 0 heterocycles. The van der Waals surface area contributed by atoms with Crippen LogP contribution in [0.15, 0.2) is 22.7 Å². The Labute approximate surface area is 116 Å². The van der Waals surface area contributed by atoms with Gasteiger partial charge in [0.15, 0.2) is 0 Å². The van der Waals surface area contributed by atoms with Gasteiger partial charge in [0.1, 0.15) is 5.75 Å². The van der Waals surface area contributed by atoms with Gasteiger partial charge in [-0.05, 0) is 42.5 Å². The molecule has 0 bridgehead atoms. The number of aliphatic hydroxyl groups is 1. The van der Waals surface area contributed by atoms with Crippen LogP contribution in [0.5, 0.6) is 5.75 Å². The van der Waals surface area contributed by atoms with Gasteiger partial charge in [-0.15, -0.1) is 0 Å². The van der Waals surface area contributed by atoms with E-state index in [9.17, 15) is 10.2 Å². The molecule has 1 aromatic rings. The lowest BCUT2D eigenvalue weighted by atomic mass is 10.0. The number of benzene rings is 1. The summed E-state index contributed by atoms with van der Waals surface area (Å²) < 4.78 is 0.975. The highest BCUT2D eigenvalue weighted by Crippen LogP contribution is 2.27. The van der Waals surface area contributed by atoms with E-state index in [1.165, 1.54) is 12.8 Å². The Morgan fingerprint density at radius 1 is 1.33 bits per heavy atom. The third-order valence-electron chi connectivity index (χ3n) is 3.64. The third-order valence-corrected chi connectivity index (χ3v) is 4.42. The molecular weight excluding hydrogens is 294 g/mol. The van der Waals surface area contributed by atoms with Crippen LogP contribution in [0, 0.1) is 5.92 Å². The van der Waals surface area contributed by atoms with Crippen molar-refractivity contribution in [1.82, 2.24) is 5.32 Å². The van der Waals surface area contributed by atoms with Crippen LogP contribution in [0.4, 0.5) is 0 Å². The zero-order valence-corrected chi connectivity index (χ0v) is 12.0. The molecule has 100 valence electrons. The van der Waals surface area contributed by atoms with Crippen LogP contribution in [-0.4, -0.2) is 22.9 Å². The summed E-state index contributed by atoms with van der Waals surface area (Å²) in [5.41, 5.74) is 1.01. The second-order valence-electron chi connectivity index (χ2n) is 5.02. The Bertz CT molecular complexity index is 391. The molecule has 3 N–H and O–H groups in total. The number of phenols is 1. The van der Waals surface area contributed by atoms with Crippen molar-refractivity contribution < 1.29 is 10.2 Å². The van der Waals surface area contributed by atoms with E-state index in [0.717, 1.165) is 22.9 Å². The van der Waals surface area contributed by atoms with Crippen molar-refractivity contribution >= 4 is 15.9 Å². The van der Waals surface area contributed by atoms with E-state index in [0.29, 0.717) is 19.0 Å². The van der Waals surface area contributed by atoms with Gasteiger partial charge in [0, 0.05) is 17.6 Å². The Hall–Kier alpha value is -0.580. The Kier molecular flexibility index (Phi) is 5.03. The second kappa shape index (κ2) is 6.55. The van der Waals surface area contributed by atoms with E-state index >= 15 is 0 Å². The Morgan fingerprint density at radius 3 is 2.78 bits per heavy atom. The quantitative estimate of drug-likeness (QED) is 0.783. The van der Waals surface area contributed by atoms with Crippen molar-refractivity contribution in [3.63, 3.8) is 0 Å². The number of nitrogens with one attached hydrogen (secondary N) is 1. The van der Waals surface area contributed by atoms with E-state index in [1.807, 2.05) is 6.07 Å². The van der Waals surface area contributed by atoms with Crippen LogP contribution in [0.25, 0.3) is 0 Å². The molecule has 1 aliphatic carbocycles. The van der Waals surface area contributed by atoms with Crippen LogP contribution < -0.4 is 5.32 Å². The maximum Gasteiger partial charge on any atom is 0.115 e. The summed E-state index contributed by atoms with van der Waals surface area (Å²) in [6.07, 6.45) is 4.56. The number of aliphatic hydroxyl groups excluding tert-OH is 1. The van der Waals surface area contributed by atoms with Crippen LogP contribution in [0.3, 0.4) is 0 Å². The minimum Gasteiger partial charge on any atom is -0.508 e. The van der Waals surface area contributed by atoms with Gasteiger partial charge in [0.2, 0.25) is 0 Å². The summed E-state index contributed by atoms with van der Waals surface area (Å²) in [5.74, 6) is 0.733. The fourth-order valence-corrected chi connectivity index (χ4v) is 2.95. The fourth-order valence-electron chi connectivity index (χ4n) is 2.56. The Balaban J connectivity index is 1.79. The van der Waals surface area contributed by atoms with Crippen LogP contribution in [0.2, 0.25) is 0 Å². The predicted molar refractivity (Wildman–Crippen MR) is 75.5 cm³/mol. The van der Waals surface area contributed by atoms with Gasteiger partial charge in [-0.25, -0.2) is 0 Å². The lowest BCUT2D eigenvalue weighted by molar-refractivity contribution is 0.109. The van der Waals surface area contributed by atoms with E-state index in [-0.39, 0.29) is 11.9 Å². The molecule has 0 aliphatic heterocycles. The molecule has 1 fully saturated rings. The van der Waals surface area contributed by atoms with Crippen molar-refractivity contribution in [2.24, 2.45) is 5.92 Å². The summed E-state index contributed by atoms with van der Waals surface area (Å²) in [7, 11) is 0. The molecule has 0 saturated heterocycles. The van der Waals surface area contributed by atoms with Crippen molar-refractivity contribution in [2.75, 3.05) is 6.54 Å². The van der Waals surface area contributed by atoms with Gasteiger partial charge in [0.25, 0.3) is 0 Å². The van der Waals surface area contributed by atoms with E-state index < -0.39 is 0 Å². The lowest BCUT2D eigenvalue weighted by Crippen LogP contribution is -2.31. The number of hydrogen-bond acceptors (Lipinski definition) is 3. The maximum absolute atomic E-state index is 10.0. The molecule has 1 unspecified atom stereocenters. The molecule has 4 heteroatoms. The molecule has 1 atom stereocenters. The predicted octanol–water partition coefficient (Wildman–Crippen LogP) is 2.80. The summed E-state index contributed by atoms with van der Waals surface area (Å²) >= 11 is 3.45. The third kappa shape index (κ3) is 3.70. The minimum atomic E-state index is -0.247. The van der Waals surface area contributed by atoms with Crippen LogP contribution in [-0.2, 0) is 6.54 Å². The molecular formula is C14H20BrNO2. The van der Waals surface area contributed by atoms with Gasteiger partial charge < -0.3 is 15.5 Å². The molecule has 0 spiro atoms. The molecule has 2 rings (SSSR count). The zero-order chi connectivity index (χ0) is 13.0. The molecule has 3 nitrogen and oxygen atoms in total. The number of aromatic hydroxyl groups is 1. The van der Waals surface area contributed by atoms with Gasteiger partial charge in [-0.3, -0.25) is 0 Å². The molecule has 0 aromatic heterocycles. The maximum atomic E-state index is 10.0. The van der Waals surface area contributed by atoms with Crippen molar-refractivity contribution in [2.45, 2.75) is 38.3 Å². The SMILES string of the molecule is Oc1ccc(Br)c(CNCC(O)C2CCCC2)c1. The zero-order valence-electron chi connectivity index (χ0n) is 10.4. The van der Waals surface area contributed by atoms with Gasteiger partial charge in [-0.2, -0.15) is 0 Å². The fraction of sp³-hybridized carbons (Fsp3) is 0.571. The first-order chi connectivity index (χ1) is 8.66. The largest absolute Gasteiger partial charge is 0.508 e. The summed E-state index contributed by atoms with van der Waals surface area (Å²) in [6, 6.07) is 5.22. The normalized spacial score (nSPS) is 18.1. The topological polar surface area (TPSA) is 52.5 Å². The molecule has 1 aliphatic rings. The first kappa shape index (κ1) is 13.8. The summed E-state index contributed by atoms with van der Waals surface area (Å²) in [4.78, 5) is 0. The minimum absolute atomic E-state index is 0.247. The molecule has 18 heavy (non-hydrogen) atoms. The average molecular weight is 314 g/mol. The number of halogens is 1. The van der Waals surface area contributed by atoms with Crippen molar-refractivity contribution in [1.29, 1.82) is 0 Å². The summed E-state index contributed by atoms with van der Waals surface area (Å²) in [6.45, 7) is 1.27. The first-order valence-electron chi connectivity index (χ1n) is 6.53. The Morgan fingerprint density at radius 2 is 2.06 bits per heavy atom. The van der Waals surface area contributed by atoms with E-state index in [1.54, 1.807) is 12.1 Å². The summed E-state index contributed by atoms with van der Waals surface area (Å²) in [5, 5.41) is 22.7. The highest BCUT2D eigenvalue weighted by molar-refractivity contribution is 9.10. The molecule has 1 saturated carbocycles. The van der Waals surface area contributed by atoms with Crippen LogP contribution in [0.1, 0.15) is 31.2 Å². The van der Waals surface area contributed by atoms with Crippen molar-refractivity contribution in [3.05, 3.63) is 28.2 Å². The van der Waals surface area contributed by atoms with E-state index in [4.69, 9.17) is 0 Å². The number of phenolic OH excluding ortho intramolecular Hbond substituents is 1. The first-order valence-corrected chi connectivity index (χ1v) is 7.32. The van der Waals surface area contributed by atoms with Gasteiger partial charge in [0.05, 0.1) is 6.10 Å². The molecule has 1 aromatic carbocycles. The van der Waals surface area contributed by atoms with Gasteiger partial charge >= 0.3 is 0 Å². The monoisotopic (exact) mass is 313 g/mol. The number of hydrogen-bond donors (Lipinski definition) is 3. The second-order valence-corrected chi connectivity index (χ2v) is 5.87. The standard InChI is InChI=1S/C14H20BrNO2/c15-13-6-5-12(17)7-11(13)8-16-9-14(18)10-3-1-2-4-10/h5-7,10,14,16-18H,1-4,8-9H2. The highest BCUT2D eigenvalue weighted by atomic mass is 79.9. The lowest BCUT2D eigenvalue weighted by Gasteiger charge is -2.18. The van der Waals surface area contributed by atoms with E-state index in [2.05, 4.69) is 21.2 Å². The smallest absolute Gasteiger partial charge is 0.115 e. The molecule has 0 amide bonds. The van der Waals surface area contributed by atoms with Crippen molar-refractivity contribution in [3.8, 4) is 5.75 Å². The van der Waals surface area contributed by atoms with Gasteiger partial charge in [-0.1, -0.05) is 28.8 Å². The average Bonchev–Trinajstić information content (AvgIpc) is 2.87. The number of rotatable bonds is 5. The highest BCUT2D eigenvalue weighted by Gasteiger charge is 2.22.